The highest BCUT2D eigenvalue weighted by atomic mass is 17.0. The number of carbonyl (C=O) groups excluding carboxylic acids is 4. The molecule has 0 bridgehead atoms. The molecule has 0 aromatic heterocycles. The minimum Gasteiger partial charge on any atom is -0.480 e. The lowest BCUT2D eigenvalue weighted by Gasteiger charge is -2.21. The van der Waals surface area contributed by atoms with Gasteiger partial charge in [0.2, 0.25) is 17.6 Å². The number of aliphatic carboxylic acids is 1. The molecule has 0 aliphatic carbocycles. The smallest absolute Gasteiger partial charge is 0.320 e. The summed E-state index contributed by atoms with van der Waals surface area (Å²) in [6.07, 6.45) is -1.40. The van der Waals surface area contributed by atoms with Gasteiger partial charge in [-0.15, -0.1) is 20.2 Å². The van der Waals surface area contributed by atoms with Crippen molar-refractivity contribution in [3.05, 3.63) is 20.2 Å². The van der Waals surface area contributed by atoms with Crippen molar-refractivity contribution in [1.82, 2.24) is 16.0 Å². The molecule has 0 radical (unpaired) electrons. The van der Waals surface area contributed by atoms with Crippen molar-refractivity contribution < 1.29 is 48.9 Å². The van der Waals surface area contributed by atoms with E-state index in [0.29, 0.717) is 6.42 Å². The van der Waals surface area contributed by atoms with Crippen LogP contribution in [0.1, 0.15) is 39.0 Å². The first kappa shape index (κ1) is 30.9. The van der Waals surface area contributed by atoms with Crippen molar-refractivity contribution in [3.8, 4) is 0 Å². The van der Waals surface area contributed by atoms with E-state index in [0.717, 1.165) is 6.92 Å². The normalized spacial score (nSPS) is 12.9. The number of nitrogens with one attached hydrogen (secondary N) is 3. The molecule has 0 heterocycles. The Labute approximate surface area is 198 Å². The molecule has 3 atom stereocenters. The number of rotatable bonds is 19. The summed E-state index contributed by atoms with van der Waals surface area (Å²) in [5.74, 6) is -4.28. The minimum atomic E-state index is -1.52. The summed E-state index contributed by atoms with van der Waals surface area (Å²) in [5.41, 5.74) is 5.34. The van der Waals surface area contributed by atoms with E-state index in [1.54, 1.807) is 0 Å². The Kier molecular flexibility index (Phi) is 14.6. The Morgan fingerprint density at radius 3 is 2.23 bits per heavy atom. The van der Waals surface area contributed by atoms with Crippen LogP contribution in [0.15, 0.2) is 0 Å². The highest BCUT2D eigenvalue weighted by molar-refractivity contribution is 6.35. The van der Waals surface area contributed by atoms with Crippen LogP contribution >= 0.6 is 0 Å². The molecule has 6 N–H and O–H groups in total. The van der Waals surface area contributed by atoms with Crippen LogP contribution < -0.4 is 21.7 Å². The Morgan fingerprint density at radius 1 is 1.03 bits per heavy atom. The van der Waals surface area contributed by atoms with Crippen LogP contribution in [-0.4, -0.2) is 82.6 Å². The fraction of sp³-hybridized carbons (Fsp3) is 0.706. The molecule has 0 aromatic carbocycles. The van der Waals surface area contributed by atoms with Gasteiger partial charge in [-0.25, -0.2) is 0 Å². The number of hydrogen-bond acceptors (Lipinski definition) is 12. The van der Waals surface area contributed by atoms with Gasteiger partial charge in [0.1, 0.15) is 24.8 Å². The number of unbranched alkanes of at least 4 members (excludes halogenated alkanes) is 1. The summed E-state index contributed by atoms with van der Waals surface area (Å²) >= 11 is 0. The maximum atomic E-state index is 12.6. The number of carbonyl (C=O) groups is 5. The molecule has 0 saturated carbocycles. The molecular formula is C17H28N6O12. The minimum absolute atomic E-state index is 0.0324. The second kappa shape index (κ2) is 16.5. The number of amides is 3. The molecule has 3 amide bonds. The number of hydrogen-bond donors (Lipinski definition) is 5. The van der Waals surface area contributed by atoms with E-state index in [9.17, 15) is 44.2 Å². The van der Waals surface area contributed by atoms with Gasteiger partial charge in [-0.05, 0) is 25.7 Å². The number of nitrogens with two attached hydrogens (primary N) is 1. The third kappa shape index (κ3) is 15.4. The molecular weight excluding hydrogens is 480 g/mol. The van der Waals surface area contributed by atoms with E-state index in [4.69, 9.17) is 10.8 Å². The van der Waals surface area contributed by atoms with Crippen LogP contribution in [-0.2, 0) is 33.6 Å². The van der Waals surface area contributed by atoms with Crippen LogP contribution in [0.25, 0.3) is 0 Å². The maximum Gasteiger partial charge on any atom is 0.320 e. The van der Waals surface area contributed by atoms with Crippen LogP contribution in [0.2, 0.25) is 0 Å². The average Bonchev–Trinajstić information content (AvgIpc) is 2.77. The topological polar surface area (TPSA) is 272 Å². The standard InChI is InChI=1S/C17H28N6O12/c1-10(24)15(26)19-7-3-2-4-13(21-14(25)6-5-12(18)17(28)29)16(27)20-8-11(35-23(32)33)9-34-22(30)31/h11-13H,2-9,18H2,1H3,(H,19,26)(H,20,27)(H,21,25)(H,28,29)/t11-,12-,13-/m0/s1. The molecule has 0 spiro atoms. The monoisotopic (exact) mass is 508 g/mol. The second-order valence-electron chi connectivity index (χ2n) is 7.13. The van der Waals surface area contributed by atoms with Crippen LogP contribution in [0.3, 0.4) is 0 Å². The third-order valence-corrected chi connectivity index (χ3v) is 4.28. The van der Waals surface area contributed by atoms with Gasteiger partial charge in [0.25, 0.3) is 16.1 Å². The summed E-state index contributed by atoms with van der Waals surface area (Å²) in [6.45, 7) is -0.216. The third-order valence-electron chi connectivity index (χ3n) is 4.28. The van der Waals surface area contributed by atoms with E-state index in [1.807, 2.05) is 0 Å². The fourth-order valence-corrected chi connectivity index (χ4v) is 2.48. The van der Waals surface area contributed by atoms with E-state index >= 15 is 0 Å². The number of carboxylic acid groups (broad SMARTS) is 1. The number of nitrogens with zero attached hydrogens (tertiary/aromatic N) is 2. The SMILES string of the molecule is CC(=O)C(=O)NCCCC[C@H](NC(=O)CC[C@H](N)C(=O)O)C(=O)NC[C@@H](CO[N+](=O)[O-])O[N+](=O)[O-]. The molecule has 0 rings (SSSR count). The summed E-state index contributed by atoms with van der Waals surface area (Å²) in [4.78, 5) is 86.7. The van der Waals surface area contributed by atoms with Crippen LogP contribution in [0, 0.1) is 20.2 Å². The van der Waals surface area contributed by atoms with E-state index in [2.05, 4.69) is 25.6 Å². The number of carboxylic acids is 1. The second-order valence-corrected chi connectivity index (χ2v) is 7.13. The van der Waals surface area contributed by atoms with Crippen LogP contribution in [0.5, 0.6) is 0 Å². The molecule has 0 aromatic rings. The number of ketones is 1. The first-order chi connectivity index (χ1) is 16.3. The van der Waals surface area contributed by atoms with Crippen molar-refractivity contribution >= 4 is 29.5 Å². The molecule has 18 nitrogen and oxygen atoms in total. The maximum absolute atomic E-state index is 12.6. The lowest BCUT2D eigenvalue weighted by molar-refractivity contribution is -0.789. The molecule has 0 aliphatic rings. The molecule has 0 saturated heterocycles. The van der Waals surface area contributed by atoms with Gasteiger partial charge in [0.05, 0.1) is 0 Å². The van der Waals surface area contributed by atoms with Crippen LogP contribution in [0.4, 0.5) is 0 Å². The van der Waals surface area contributed by atoms with E-state index in [1.165, 1.54) is 0 Å². The predicted octanol–water partition coefficient (Wildman–Crippen LogP) is -2.56. The summed E-state index contributed by atoms with van der Waals surface area (Å²) < 4.78 is 0. The molecule has 198 valence electrons. The summed E-state index contributed by atoms with van der Waals surface area (Å²) in [5, 5.41) is 34.2. The average molecular weight is 508 g/mol. The lowest BCUT2D eigenvalue weighted by atomic mass is 10.1. The molecule has 0 unspecified atom stereocenters. The van der Waals surface area contributed by atoms with Gasteiger partial charge in [-0.3, -0.25) is 24.0 Å². The highest BCUT2D eigenvalue weighted by Gasteiger charge is 2.24. The van der Waals surface area contributed by atoms with Crippen molar-refractivity contribution in [2.45, 2.75) is 57.2 Å². The lowest BCUT2D eigenvalue weighted by Crippen LogP contribution is -2.49. The zero-order chi connectivity index (χ0) is 27.0. The molecule has 18 heteroatoms. The predicted molar refractivity (Wildman–Crippen MR) is 112 cm³/mol. The Hall–Kier alpha value is -4.09. The quantitative estimate of drug-likeness (QED) is 0.0520. The molecule has 0 fully saturated rings. The van der Waals surface area contributed by atoms with Gasteiger partial charge in [-0.1, -0.05) is 0 Å². The Bertz CT molecular complexity index is 792. The van der Waals surface area contributed by atoms with Gasteiger partial charge in [-0.2, -0.15) is 0 Å². The largest absolute Gasteiger partial charge is 0.480 e. The molecule has 35 heavy (non-hydrogen) atoms. The highest BCUT2D eigenvalue weighted by Crippen LogP contribution is 2.04. The first-order valence-electron chi connectivity index (χ1n) is 10.3. The van der Waals surface area contributed by atoms with Gasteiger partial charge in [0.15, 0.2) is 0 Å². The van der Waals surface area contributed by atoms with Gasteiger partial charge in [0, 0.05) is 26.4 Å². The van der Waals surface area contributed by atoms with Crippen molar-refractivity contribution in [2.24, 2.45) is 5.73 Å². The van der Waals surface area contributed by atoms with E-state index < -0.39 is 71.0 Å². The fourth-order valence-electron chi connectivity index (χ4n) is 2.48. The summed E-state index contributed by atoms with van der Waals surface area (Å²) in [6, 6.07) is -2.47. The van der Waals surface area contributed by atoms with E-state index in [-0.39, 0.29) is 32.2 Å². The summed E-state index contributed by atoms with van der Waals surface area (Å²) in [7, 11) is 0. The van der Waals surface area contributed by atoms with Gasteiger partial charge >= 0.3 is 5.97 Å². The Balaban J connectivity index is 5.00. The zero-order valence-electron chi connectivity index (χ0n) is 18.8. The zero-order valence-corrected chi connectivity index (χ0v) is 18.8. The van der Waals surface area contributed by atoms with Crippen molar-refractivity contribution in [2.75, 3.05) is 19.7 Å². The number of Topliss-reactive ketones (excluding diaryl/α,β-unsaturated/α-hetero) is 1. The van der Waals surface area contributed by atoms with Crippen molar-refractivity contribution in [3.63, 3.8) is 0 Å². The Morgan fingerprint density at radius 2 is 1.69 bits per heavy atom. The first-order valence-corrected chi connectivity index (χ1v) is 10.3. The van der Waals surface area contributed by atoms with Gasteiger partial charge < -0.3 is 36.5 Å². The van der Waals surface area contributed by atoms with Crippen molar-refractivity contribution in [1.29, 1.82) is 0 Å². The molecule has 0 aliphatic heterocycles.